The van der Waals surface area contributed by atoms with Gasteiger partial charge in [-0.05, 0) is 6.85 Å². The minimum Gasteiger partial charge on any atom is -0.394 e. The van der Waals surface area contributed by atoms with Crippen LogP contribution in [0.25, 0.3) is 0 Å². The molecule has 0 unspecified atom stereocenters. The van der Waals surface area contributed by atoms with Gasteiger partial charge in [0, 0.05) is 22.3 Å². The molecule has 1 aliphatic heterocycles. The maximum atomic E-state index is 11.7. The molecule has 0 saturated carbocycles. The predicted octanol–water partition coefficient (Wildman–Crippen LogP) is -1.51. The van der Waals surface area contributed by atoms with E-state index in [9.17, 15) is 14.7 Å². The molecule has 1 aromatic rings. The van der Waals surface area contributed by atoms with Gasteiger partial charge in [0.2, 0.25) is 0 Å². The molecule has 1 aliphatic rings. The average Bonchev–Trinajstić information content (AvgIpc) is 2.68. The minimum absolute atomic E-state index is 0.0115. The lowest BCUT2D eigenvalue weighted by atomic mass is 10.2. The SMILES string of the molecule is [2H]C([2H])([2H])c1cn([C@@H]2C[C@@H](O)[C@H](CO)O2)c(=O)[nH]c1=O. The van der Waals surface area contributed by atoms with E-state index in [-0.39, 0.29) is 6.42 Å². The number of aliphatic hydroxyl groups excluding tert-OH is 2. The lowest BCUT2D eigenvalue weighted by Gasteiger charge is -2.14. The Bertz CT molecular complexity index is 608. The number of hydrogen-bond acceptors (Lipinski definition) is 5. The van der Waals surface area contributed by atoms with Crippen molar-refractivity contribution in [1.82, 2.24) is 9.55 Å². The summed E-state index contributed by atoms with van der Waals surface area (Å²) in [7, 11) is 0. The van der Waals surface area contributed by atoms with E-state index in [1.807, 2.05) is 4.98 Å². The minimum atomic E-state index is -2.67. The summed E-state index contributed by atoms with van der Waals surface area (Å²) in [5.41, 5.74) is -2.36. The third-order valence-corrected chi connectivity index (χ3v) is 2.66. The number of aryl methyl sites for hydroxylation is 1. The normalized spacial score (nSPS) is 31.9. The van der Waals surface area contributed by atoms with Crippen LogP contribution in [0.15, 0.2) is 15.8 Å². The van der Waals surface area contributed by atoms with Crippen molar-refractivity contribution in [2.24, 2.45) is 0 Å². The first kappa shape index (κ1) is 8.62. The number of ether oxygens (including phenoxy) is 1. The van der Waals surface area contributed by atoms with Crippen molar-refractivity contribution in [2.75, 3.05) is 6.61 Å². The van der Waals surface area contributed by atoms with Gasteiger partial charge >= 0.3 is 5.69 Å². The zero-order chi connectivity index (χ0) is 15.1. The van der Waals surface area contributed by atoms with Gasteiger partial charge in [-0.1, -0.05) is 0 Å². The topological polar surface area (TPSA) is 105 Å². The van der Waals surface area contributed by atoms with Crippen LogP contribution in [0, 0.1) is 6.85 Å². The fourth-order valence-electron chi connectivity index (χ4n) is 1.75. The van der Waals surface area contributed by atoms with Gasteiger partial charge in [-0.2, -0.15) is 0 Å². The fourth-order valence-corrected chi connectivity index (χ4v) is 1.75. The van der Waals surface area contributed by atoms with Gasteiger partial charge in [-0.25, -0.2) is 4.79 Å². The monoisotopic (exact) mass is 245 g/mol. The maximum Gasteiger partial charge on any atom is 0.330 e. The molecule has 0 aliphatic carbocycles. The van der Waals surface area contributed by atoms with Crippen LogP contribution in [0.5, 0.6) is 0 Å². The number of hydrogen-bond donors (Lipinski definition) is 3. The molecule has 2 rings (SSSR count). The van der Waals surface area contributed by atoms with Crippen LogP contribution in [0.2, 0.25) is 0 Å². The van der Waals surface area contributed by atoms with Crippen molar-refractivity contribution < 1.29 is 19.1 Å². The molecule has 0 amide bonds. The summed E-state index contributed by atoms with van der Waals surface area (Å²) < 4.78 is 27.9. The van der Waals surface area contributed by atoms with Crippen molar-refractivity contribution in [3.63, 3.8) is 0 Å². The van der Waals surface area contributed by atoms with E-state index in [4.69, 9.17) is 14.0 Å². The van der Waals surface area contributed by atoms with Crippen LogP contribution in [-0.2, 0) is 4.74 Å². The predicted molar refractivity (Wildman–Crippen MR) is 57.7 cm³/mol. The van der Waals surface area contributed by atoms with Crippen LogP contribution in [-0.4, -0.2) is 38.6 Å². The molecule has 2 heterocycles. The molecule has 1 fully saturated rings. The van der Waals surface area contributed by atoms with Crippen LogP contribution in [0.1, 0.15) is 22.3 Å². The quantitative estimate of drug-likeness (QED) is 0.587. The van der Waals surface area contributed by atoms with Crippen molar-refractivity contribution in [3.8, 4) is 0 Å². The molecule has 17 heavy (non-hydrogen) atoms. The van der Waals surface area contributed by atoms with E-state index < -0.39 is 48.7 Å². The van der Waals surface area contributed by atoms with Crippen LogP contribution < -0.4 is 11.2 Å². The molecule has 0 spiro atoms. The Hall–Kier alpha value is -1.44. The third kappa shape index (κ3) is 2.17. The molecule has 7 nitrogen and oxygen atoms in total. The molecule has 94 valence electrons. The van der Waals surface area contributed by atoms with Crippen molar-refractivity contribution >= 4 is 0 Å². The molecule has 3 N–H and O–H groups in total. The first-order valence-electron chi connectivity index (χ1n) is 6.54. The third-order valence-electron chi connectivity index (χ3n) is 2.66. The van der Waals surface area contributed by atoms with Gasteiger partial charge in [0.25, 0.3) is 5.56 Å². The summed E-state index contributed by atoms with van der Waals surface area (Å²) >= 11 is 0. The number of H-pyrrole nitrogens is 1. The Morgan fingerprint density at radius 2 is 2.47 bits per heavy atom. The second kappa shape index (κ2) is 4.44. The molecule has 3 atom stereocenters. The summed E-state index contributed by atoms with van der Waals surface area (Å²) in [6.07, 6.45) is -1.84. The number of aliphatic hydroxyl groups is 2. The summed E-state index contributed by atoms with van der Waals surface area (Å²) in [6, 6.07) is 0. The lowest BCUT2D eigenvalue weighted by Crippen LogP contribution is -2.33. The molecule has 0 radical (unpaired) electrons. The van der Waals surface area contributed by atoms with Gasteiger partial charge in [0.15, 0.2) is 0 Å². The number of nitrogens with one attached hydrogen (secondary N) is 1. The maximum absolute atomic E-state index is 11.7. The highest BCUT2D eigenvalue weighted by atomic mass is 16.5. The van der Waals surface area contributed by atoms with Gasteiger partial charge in [-0.15, -0.1) is 0 Å². The molecule has 1 aromatic heterocycles. The van der Waals surface area contributed by atoms with Gasteiger partial charge in [0.1, 0.15) is 12.3 Å². The molecule has 7 heteroatoms. The van der Waals surface area contributed by atoms with E-state index in [1.165, 1.54) is 0 Å². The van der Waals surface area contributed by atoms with Crippen molar-refractivity contribution in [3.05, 3.63) is 32.6 Å². The highest BCUT2D eigenvalue weighted by Crippen LogP contribution is 2.27. The molecular weight excluding hydrogens is 228 g/mol. The smallest absolute Gasteiger partial charge is 0.330 e. The first-order chi connectivity index (χ1) is 9.24. The average molecular weight is 245 g/mol. The van der Waals surface area contributed by atoms with Crippen LogP contribution >= 0.6 is 0 Å². The second-order valence-electron chi connectivity index (χ2n) is 3.82. The first-order valence-corrected chi connectivity index (χ1v) is 5.04. The molecular formula is C10H14N2O5. The Labute approximate surface area is 101 Å². The Morgan fingerprint density at radius 3 is 3.06 bits per heavy atom. The number of rotatable bonds is 2. The van der Waals surface area contributed by atoms with E-state index in [0.29, 0.717) is 0 Å². The van der Waals surface area contributed by atoms with E-state index in [0.717, 1.165) is 10.8 Å². The summed E-state index contributed by atoms with van der Waals surface area (Å²) in [6.45, 7) is -3.10. The molecule has 1 saturated heterocycles. The summed E-state index contributed by atoms with van der Waals surface area (Å²) in [5.74, 6) is 0. The molecule has 0 bridgehead atoms. The van der Waals surface area contributed by atoms with Gasteiger partial charge < -0.3 is 14.9 Å². The summed E-state index contributed by atoms with van der Waals surface area (Å²) in [4.78, 5) is 25.1. The van der Waals surface area contributed by atoms with E-state index in [2.05, 4.69) is 0 Å². The van der Waals surface area contributed by atoms with Gasteiger partial charge in [0.05, 0.1) is 12.7 Å². The Kier molecular flexibility index (Phi) is 2.25. The number of aromatic amines is 1. The van der Waals surface area contributed by atoms with E-state index in [1.54, 1.807) is 0 Å². The Morgan fingerprint density at radius 1 is 1.71 bits per heavy atom. The number of aromatic nitrogens is 2. The largest absolute Gasteiger partial charge is 0.394 e. The number of nitrogens with zero attached hydrogens (tertiary/aromatic N) is 1. The zero-order valence-electron chi connectivity index (χ0n) is 11.8. The highest BCUT2D eigenvalue weighted by molar-refractivity contribution is 5.02. The lowest BCUT2D eigenvalue weighted by molar-refractivity contribution is -0.0459. The van der Waals surface area contributed by atoms with Gasteiger partial charge in [-0.3, -0.25) is 14.3 Å². The zero-order valence-corrected chi connectivity index (χ0v) is 8.79. The highest BCUT2D eigenvalue weighted by Gasteiger charge is 2.34. The fraction of sp³-hybridized carbons (Fsp3) is 0.600. The van der Waals surface area contributed by atoms with Crippen molar-refractivity contribution in [1.29, 1.82) is 0 Å². The second-order valence-corrected chi connectivity index (χ2v) is 3.82. The Balaban J connectivity index is 2.43. The van der Waals surface area contributed by atoms with Crippen LogP contribution in [0.3, 0.4) is 0 Å². The van der Waals surface area contributed by atoms with E-state index >= 15 is 0 Å². The standard InChI is InChI=1S/C10H14N2O5/c1-5-3-12(10(16)11-9(5)15)8-2-6(14)7(4-13)17-8/h3,6-8,13-14H,2,4H2,1H3,(H,11,15,16)/t6-,7+,8+/m1/s1/i1D3. The van der Waals surface area contributed by atoms with Crippen molar-refractivity contribution in [2.45, 2.75) is 31.7 Å². The summed E-state index contributed by atoms with van der Waals surface area (Å²) in [5, 5.41) is 18.6. The molecule has 0 aromatic carbocycles. The van der Waals surface area contributed by atoms with Crippen LogP contribution in [0.4, 0.5) is 0 Å².